The van der Waals surface area contributed by atoms with Crippen molar-refractivity contribution < 1.29 is 18.6 Å². The minimum absolute atomic E-state index is 0.319. The minimum Gasteiger partial charge on any atom is -0.493 e. The van der Waals surface area contributed by atoms with Crippen LogP contribution in [0.4, 0.5) is 0 Å². The molecule has 2 aromatic heterocycles. The van der Waals surface area contributed by atoms with Gasteiger partial charge < -0.3 is 23.6 Å². The van der Waals surface area contributed by atoms with E-state index in [1.165, 1.54) is 21.3 Å². The molecule has 3 aromatic rings. The molecule has 24 heavy (non-hydrogen) atoms. The quantitative estimate of drug-likeness (QED) is 0.791. The van der Waals surface area contributed by atoms with Gasteiger partial charge in [0, 0.05) is 0 Å². The van der Waals surface area contributed by atoms with Crippen LogP contribution in [0.5, 0.6) is 17.2 Å². The molecule has 7 nitrogen and oxygen atoms in total. The van der Waals surface area contributed by atoms with Gasteiger partial charge in [-0.1, -0.05) is 0 Å². The largest absolute Gasteiger partial charge is 0.493 e. The van der Waals surface area contributed by atoms with Crippen LogP contribution in [-0.2, 0) is 0 Å². The Kier molecular flexibility index (Phi) is 3.92. The van der Waals surface area contributed by atoms with Gasteiger partial charge >= 0.3 is 0 Å². The van der Waals surface area contributed by atoms with Crippen LogP contribution in [0.25, 0.3) is 22.5 Å². The van der Waals surface area contributed by atoms with E-state index in [4.69, 9.17) is 18.6 Å². The van der Waals surface area contributed by atoms with E-state index >= 15 is 0 Å². The molecule has 0 aliphatic carbocycles. The molecule has 0 atom stereocenters. The second-order valence-corrected chi connectivity index (χ2v) is 5.31. The lowest BCUT2D eigenvalue weighted by molar-refractivity contribution is 0.327. The Balaban J connectivity index is 2.36. The maximum absolute atomic E-state index is 12.5. The van der Waals surface area contributed by atoms with Gasteiger partial charge in [0.15, 0.2) is 23.1 Å². The number of nitrogens with zero attached hydrogens (tertiary/aromatic N) is 1. The molecule has 0 saturated heterocycles. The summed E-state index contributed by atoms with van der Waals surface area (Å²) in [6.07, 6.45) is 0. The summed E-state index contributed by atoms with van der Waals surface area (Å²) in [5.74, 6) is 2.69. The number of rotatable bonds is 4. The number of methoxy groups -OCH3 is 3. The first kappa shape index (κ1) is 15.9. The summed E-state index contributed by atoms with van der Waals surface area (Å²) in [6.45, 7) is 3.78. The number of aromatic nitrogens is 2. The monoisotopic (exact) mass is 330 g/mol. The van der Waals surface area contributed by atoms with Gasteiger partial charge in [0.1, 0.15) is 11.3 Å². The SMILES string of the molecule is COc1cc2c(=O)[nH]c(-c3cc(C)c(C)o3)nc2c(OC)c1OC. The van der Waals surface area contributed by atoms with Crippen LogP contribution < -0.4 is 19.8 Å². The number of furan rings is 1. The molecule has 0 amide bonds. The van der Waals surface area contributed by atoms with Gasteiger partial charge in [0.05, 0.1) is 26.7 Å². The zero-order valence-electron chi connectivity index (χ0n) is 14.1. The Labute approximate surface area is 138 Å². The number of ether oxygens (including phenoxy) is 3. The summed E-state index contributed by atoms with van der Waals surface area (Å²) in [5, 5.41) is 0.341. The van der Waals surface area contributed by atoms with Crippen molar-refractivity contribution in [3.05, 3.63) is 33.8 Å². The predicted octanol–water partition coefficient (Wildman–Crippen LogP) is 2.83. The van der Waals surface area contributed by atoms with E-state index < -0.39 is 0 Å². The third-order valence-electron chi connectivity index (χ3n) is 3.90. The molecular weight excluding hydrogens is 312 g/mol. The molecule has 0 aliphatic heterocycles. The van der Waals surface area contributed by atoms with Crippen molar-refractivity contribution >= 4 is 10.9 Å². The third kappa shape index (κ3) is 2.38. The van der Waals surface area contributed by atoms with Gasteiger partial charge in [-0.15, -0.1) is 0 Å². The Bertz CT molecular complexity index is 952. The van der Waals surface area contributed by atoms with Crippen molar-refractivity contribution in [3.63, 3.8) is 0 Å². The van der Waals surface area contributed by atoms with Crippen molar-refractivity contribution in [1.29, 1.82) is 0 Å². The number of hydrogen-bond donors (Lipinski definition) is 1. The lowest BCUT2D eigenvalue weighted by Crippen LogP contribution is -2.11. The van der Waals surface area contributed by atoms with Gasteiger partial charge in [0.2, 0.25) is 5.75 Å². The molecule has 126 valence electrons. The maximum atomic E-state index is 12.5. The fourth-order valence-corrected chi connectivity index (χ4v) is 2.55. The van der Waals surface area contributed by atoms with Crippen LogP contribution in [0, 0.1) is 13.8 Å². The Morgan fingerprint density at radius 2 is 1.75 bits per heavy atom. The Morgan fingerprint density at radius 3 is 2.29 bits per heavy atom. The van der Waals surface area contributed by atoms with Crippen molar-refractivity contribution in [1.82, 2.24) is 9.97 Å². The van der Waals surface area contributed by atoms with E-state index in [1.807, 2.05) is 19.9 Å². The number of hydrogen-bond acceptors (Lipinski definition) is 6. The molecule has 0 spiro atoms. The highest BCUT2D eigenvalue weighted by Gasteiger charge is 2.20. The lowest BCUT2D eigenvalue weighted by atomic mass is 10.2. The summed E-state index contributed by atoms with van der Waals surface area (Å²) in [7, 11) is 4.48. The van der Waals surface area contributed by atoms with E-state index in [1.54, 1.807) is 6.07 Å². The molecule has 0 fully saturated rings. The number of benzene rings is 1. The summed E-state index contributed by atoms with van der Waals surface area (Å²) >= 11 is 0. The number of nitrogens with one attached hydrogen (secondary N) is 1. The van der Waals surface area contributed by atoms with E-state index in [9.17, 15) is 4.79 Å². The Hall–Kier alpha value is -2.96. The number of H-pyrrole nitrogens is 1. The third-order valence-corrected chi connectivity index (χ3v) is 3.90. The normalized spacial score (nSPS) is 10.9. The first-order valence-corrected chi connectivity index (χ1v) is 7.30. The summed E-state index contributed by atoms with van der Waals surface area (Å²) < 4.78 is 21.7. The molecular formula is C17H18N2O5. The first-order valence-electron chi connectivity index (χ1n) is 7.30. The van der Waals surface area contributed by atoms with Crippen LogP contribution in [0.1, 0.15) is 11.3 Å². The zero-order valence-corrected chi connectivity index (χ0v) is 14.1. The van der Waals surface area contributed by atoms with Crippen molar-refractivity contribution in [2.75, 3.05) is 21.3 Å². The summed E-state index contributed by atoms with van der Waals surface area (Å²) in [5.41, 5.74) is 1.04. The minimum atomic E-state index is -0.319. The second kappa shape index (κ2) is 5.92. The van der Waals surface area contributed by atoms with Crippen LogP contribution in [0.15, 0.2) is 21.3 Å². The second-order valence-electron chi connectivity index (χ2n) is 5.31. The standard InChI is InChI=1S/C17H18N2O5/c1-8-6-12(24-9(8)2)16-18-13-10(17(20)19-16)7-11(21-3)14(22-4)15(13)23-5/h6-7H,1-5H3,(H,18,19,20). The van der Waals surface area contributed by atoms with Crippen LogP contribution in [-0.4, -0.2) is 31.3 Å². The average molecular weight is 330 g/mol. The van der Waals surface area contributed by atoms with Crippen molar-refractivity contribution in [2.45, 2.75) is 13.8 Å². The molecule has 0 aliphatic rings. The van der Waals surface area contributed by atoms with E-state index in [0.717, 1.165) is 11.3 Å². The summed E-state index contributed by atoms with van der Waals surface area (Å²) in [6, 6.07) is 3.40. The van der Waals surface area contributed by atoms with Crippen molar-refractivity contribution in [3.8, 4) is 28.8 Å². The van der Waals surface area contributed by atoms with Crippen LogP contribution >= 0.6 is 0 Å². The highest BCUT2D eigenvalue weighted by Crippen LogP contribution is 2.41. The van der Waals surface area contributed by atoms with E-state index in [0.29, 0.717) is 39.7 Å². The van der Waals surface area contributed by atoms with Crippen LogP contribution in [0.2, 0.25) is 0 Å². The Morgan fingerprint density at radius 1 is 1.04 bits per heavy atom. The van der Waals surface area contributed by atoms with Gasteiger partial charge in [0.25, 0.3) is 5.56 Å². The number of fused-ring (bicyclic) bond motifs is 1. The number of aromatic amines is 1. The highest BCUT2D eigenvalue weighted by atomic mass is 16.5. The molecule has 0 radical (unpaired) electrons. The molecule has 7 heteroatoms. The summed E-state index contributed by atoms with van der Waals surface area (Å²) in [4.78, 5) is 19.8. The van der Waals surface area contributed by atoms with E-state index in [-0.39, 0.29) is 5.56 Å². The van der Waals surface area contributed by atoms with Gasteiger partial charge in [-0.2, -0.15) is 0 Å². The topological polar surface area (TPSA) is 86.6 Å². The van der Waals surface area contributed by atoms with E-state index in [2.05, 4.69) is 9.97 Å². The molecule has 0 saturated carbocycles. The zero-order chi connectivity index (χ0) is 17.4. The lowest BCUT2D eigenvalue weighted by Gasteiger charge is -2.14. The number of aryl methyl sites for hydroxylation is 2. The van der Waals surface area contributed by atoms with Gasteiger partial charge in [-0.05, 0) is 31.5 Å². The molecule has 1 aromatic carbocycles. The molecule has 0 unspecified atom stereocenters. The van der Waals surface area contributed by atoms with Crippen molar-refractivity contribution in [2.24, 2.45) is 0 Å². The molecule has 2 heterocycles. The van der Waals surface area contributed by atoms with Gasteiger partial charge in [-0.25, -0.2) is 4.98 Å². The molecule has 1 N–H and O–H groups in total. The first-order chi connectivity index (χ1) is 11.5. The van der Waals surface area contributed by atoms with Gasteiger partial charge in [-0.3, -0.25) is 4.79 Å². The van der Waals surface area contributed by atoms with Crippen LogP contribution in [0.3, 0.4) is 0 Å². The highest BCUT2D eigenvalue weighted by molar-refractivity contribution is 5.90. The maximum Gasteiger partial charge on any atom is 0.259 e. The average Bonchev–Trinajstić information content (AvgIpc) is 2.92. The fraction of sp³-hybridized carbons (Fsp3) is 0.294. The molecule has 0 bridgehead atoms. The predicted molar refractivity (Wildman–Crippen MR) is 89.2 cm³/mol. The molecule has 3 rings (SSSR count). The smallest absolute Gasteiger partial charge is 0.259 e. The fourth-order valence-electron chi connectivity index (χ4n) is 2.55.